The van der Waals surface area contributed by atoms with Gasteiger partial charge in [-0.1, -0.05) is 18.1 Å². The molecule has 3 N–H and O–H groups in total. The third-order valence-electron chi connectivity index (χ3n) is 7.32. The summed E-state index contributed by atoms with van der Waals surface area (Å²) in [6.45, 7) is 1.29. The van der Waals surface area contributed by atoms with Crippen LogP contribution in [0.5, 0.6) is 0 Å². The number of Topliss-reactive ketones (excluding diaryl/α,β-unsaturated/α-hetero) is 1. The van der Waals surface area contributed by atoms with Gasteiger partial charge >= 0.3 is 17.8 Å². The number of ketones is 1. The number of carbonyl (C=O) groups is 2. The number of piperidine rings is 1. The van der Waals surface area contributed by atoms with E-state index in [4.69, 9.17) is 10.6 Å². The van der Waals surface area contributed by atoms with Crippen molar-refractivity contribution in [2.24, 2.45) is 12.8 Å². The molecule has 2 aliphatic heterocycles. The molecule has 2 atom stereocenters. The Balaban J connectivity index is 1.66. The van der Waals surface area contributed by atoms with Crippen molar-refractivity contribution in [3.05, 3.63) is 56.9 Å². The third kappa shape index (κ3) is 5.03. The topological polar surface area (TPSA) is 139 Å². The average Bonchev–Trinajstić information content (AvgIpc) is 3.55. The van der Waals surface area contributed by atoms with E-state index < -0.39 is 42.0 Å². The molecule has 0 amide bonds. The second-order valence-electron chi connectivity index (χ2n) is 10.1. The van der Waals surface area contributed by atoms with Gasteiger partial charge in [-0.05, 0) is 31.9 Å². The number of anilines is 2. The summed E-state index contributed by atoms with van der Waals surface area (Å²) in [5, 5.41) is 1.37. The van der Waals surface area contributed by atoms with Crippen LogP contribution in [0.15, 0.2) is 40.1 Å². The van der Waals surface area contributed by atoms with Crippen molar-refractivity contribution in [3.8, 4) is 11.8 Å². The molecule has 42 heavy (non-hydrogen) atoms. The quantitative estimate of drug-likeness (QED) is 0.323. The fourth-order valence-corrected chi connectivity index (χ4v) is 5.43. The van der Waals surface area contributed by atoms with Gasteiger partial charge in [0.05, 0.1) is 18.6 Å². The van der Waals surface area contributed by atoms with Crippen molar-refractivity contribution in [1.29, 1.82) is 0 Å². The zero-order valence-electron chi connectivity index (χ0n) is 22.8. The first-order valence-electron chi connectivity index (χ1n) is 13.1. The Morgan fingerprint density at radius 1 is 1.21 bits per heavy atom. The van der Waals surface area contributed by atoms with E-state index in [0.29, 0.717) is 34.5 Å². The molecule has 1 saturated heterocycles. The van der Waals surface area contributed by atoms with Gasteiger partial charge in [0, 0.05) is 43.3 Å². The van der Waals surface area contributed by atoms with Crippen LogP contribution in [0, 0.1) is 11.8 Å². The number of H-pyrrole nitrogens is 1. The molecule has 1 fully saturated rings. The molecule has 0 saturated carbocycles. The van der Waals surface area contributed by atoms with Gasteiger partial charge in [0.25, 0.3) is 5.56 Å². The van der Waals surface area contributed by atoms with Crippen LogP contribution in [0.1, 0.15) is 30.1 Å². The van der Waals surface area contributed by atoms with E-state index in [1.54, 1.807) is 42.3 Å². The third-order valence-corrected chi connectivity index (χ3v) is 7.32. The normalized spacial score (nSPS) is 19.0. The number of halogens is 3. The summed E-state index contributed by atoms with van der Waals surface area (Å²) in [5.74, 6) is 2.04. The van der Waals surface area contributed by atoms with E-state index in [-0.39, 0.29) is 36.2 Å². The molecule has 0 radical (unpaired) electrons. The van der Waals surface area contributed by atoms with E-state index in [2.05, 4.69) is 16.8 Å². The SMILES string of the molecule is CC#CCN1c2c(n(C)c(=O)n(CC(=O)c3cccc4cc[nH]c34)c2=O)N(OC(=O)C(F)(F)F)C1N1CCCC(N)C1. The first-order valence-corrected chi connectivity index (χ1v) is 13.1. The van der Waals surface area contributed by atoms with E-state index in [0.717, 1.165) is 9.95 Å². The molecule has 4 heterocycles. The molecule has 0 bridgehead atoms. The van der Waals surface area contributed by atoms with Crippen LogP contribution in [0.3, 0.4) is 0 Å². The number of hydrogen-bond acceptors (Lipinski definition) is 9. The Kier molecular flexibility index (Phi) is 7.60. The molecule has 12 nitrogen and oxygen atoms in total. The lowest BCUT2D eigenvalue weighted by Crippen LogP contribution is -2.60. The Labute approximate surface area is 237 Å². The van der Waals surface area contributed by atoms with Crippen molar-refractivity contribution >= 4 is 34.2 Å². The largest absolute Gasteiger partial charge is 0.493 e. The number of nitrogens with two attached hydrogens (primary N) is 1. The number of fused-ring (bicyclic) bond motifs is 2. The fourth-order valence-electron chi connectivity index (χ4n) is 5.43. The van der Waals surface area contributed by atoms with Gasteiger partial charge in [-0.2, -0.15) is 13.2 Å². The van der Waals surface area contributed by atoms with Crippen molar-refractivity contribution < 1.29 is 27.6 Å². The van der Waals surface area contributed by atoms with E-state index in [1.165, 1.54) is 11.9 Å². The minimum absolute atomic E-state index is 0.164. The summed E-state index contributed by atoms with van der Waals surface area (Å²) in [6, 6.07) is 6.44. The highest BCUT2D eigenvalue weighted by Gasteiger charge is 2.51. The highest BCUT2D eigenvalue weighted by Crippen LogP contribution is 2.39. The fraction of sp³-hybridized carbons (Fsp3) is 0.407. The highest BCUT2D eigenvalue weighted by molar-refractivity contribution is 6.06. The van der Waals surface area contributed by atoms with Gasteiger partial charge in [0.1, 0.15) is 0 Å². The number of aromatic amines is 1. The summed E-state index contributed by atoms with van der Waals surface area (Å²) in [5.41, 5.74) is 4.75. The van der Waals surface area contributed by atoms with E-state index >= 15 is 0 Å². The molecular weight excluding hydrogens is 559 g/mol. The zero-order chi connectivity index (χ0) is 30.3. The van der Waals surface area contributed by atoms with Crippen molar-refractivity contribution in [2.45, 2.75) is 44.8 Å². The summed E-state index contributed by atoms with van der Waals surface area (Å²) >= 11 is 0. The van der Waals surface area contributed by atoms with Crippen LogP contribution in [-0.2, 0) is 23.2 Å². The van der Waals surface area contributed by atoms with Gasteiger partial charge in [-0.3, -0.25) is 23.6 Å². The first kappa shape index (κ1) is 29.0. The number of benzene rings is 1. The maximum Gasteiger partial charge on any atom is 0.493 e. The lowest BCUT2D eigenvalue weighted by Gasteiger charge is -2.41. The van der Waals surface area contributed by atoms with E-state index in [1.807, 2.05) is 0 Å². The Morgan fingerprint density at radius 3 is 2.67 bits per heavy atom. The molecular formula is C27H28F3N7O5. The standard InChI is InChI=1S/C27H28F3N7O5/c1-3-4-13-35-21-22(37(42-24(40)27(28,29)30)25(35)34-12-6-8-17(31)14-34)33(2)26(41)36(23(21)39)15-19(38)18-9-5-7-16-10-11-32-20(16)18/h5,7,9-11,17,25,32H,6,8,12-15,31H2,1-2H3. The maximum atomic E-state index is 14.0. The number of alkyl halides is 3. The zero-order valence-corrected chi connectivity index (χ0v) is 22.8. The molecule has 3 aromatic rings. The minimum Gasteiger partial charge on any atom is -0.361 e. The van der Waals surface area contributed by atoms with Crippen LogP contribution < -0.4 is 26.9 Å². The molecule has 15 heteroatoms. The Morgan fingerprint density at radius 2 is 1.98 bits per heavy atom. The van der Waals surface area contributed by atoms with Crippen LogP contribution >= 0.6 is 0 Å². The van der Waals surface area contributed by atoms with Gasteiger partial charge in [-0.25, -0.2) is 9.59 Å². The summed E-state index contributed by atoms with van der Waals surface area (Å²) in [7, 11) is 1.22. The van der Waals surface area contributed by atoms with Crippen molar-refractivity contribution in [2.75, 3.05) is 29.6 Å². The van der Waals surface area contributed by atoms with Crippen LogP contribution in [0.2, 0.25) is 0 Å². The van der Waals surface area contributed by atoms with Crippen LogP contribution in [0.4, 0.5) is 24.7 Å². The molecule has 2 aromatic heterocycles. The maximum absolute atomic E-state index is 14.0. The number of aromatic nitrogens is 3. The van der Waals surface area contributed by atoms with Gasteiger partial charge in [0.2, 0.25) is 0 Å². The number of hydrogen-bond donors (Lipinski definition) is 2. The monoisotopic (exact) mass is 587 g/mol. The average molecular weight is 588 g/mol. The van der Waals surface area contributed by atoms with Gasteiger partial charge in [-0.15, -0.1) is 11.0 Å². The predicted octanol–water partition coefficient (Wildman–Crippen LogP) is 1.29. The van der Waals surface area contributed by atoms with Gasteiger partial charge < -0.3 is 20.5 Å². The second-order valence-corrected chi connectivity index (χ2v) is 10.1. The molecule has 2 unspecified atom stereocenters. The van der Waals surface area contributed by atoms with Crippen LogP contribution in [0.25, 0.3) is 10.9 Å². The number of likely N-dealkylation sites (tertiary alicyclic amines) is 1. The second kappa shape index (κ2) is 11.0. The lowest BCUT2D eigenvalue weighted by atomic mass is 10.1. The molecule has 1 aromatic carbocycles. The molecule has 222 valence electrons. The first-order chi connectivity index (χ1) is 19.9. The lowest BCUT2D eigenvalue weighted by molar-refractivity contribution is -0.203. The Bertz CT molecular complexity index is 1730. The van der Waals surface area contributed by atoms with Crippen molar-refractivity contribution in [3.63, 3.8) is 0 Å². The van der Waals surface area contributed by atoms with Gasteiger partial charge in [0.15, 0.2) is 23.6 Å². The number of nitrogens with one attached hydrogen (secondary N) is 1. The summed E-state index contributed by atoms with van der Waals surface area (Å²) < 4.78 is 41.7. The predicted molar refractivity (Wildman–Crippen MR) is 147 cm³/mol. The smallest absolute Gasteiger partial charge is 0.361 e. The van der Waals surface area contributed by atoms with E-state index in [9.17, 15) is 32.3 Å². The van der Waals surface area contributed by atoms with Crippen LogP contribution in [-0.4, -0.2) is 68.9 Å². The van der Waals surface area contributed by atoms with Crippen molar-refractivity contribution in [1.82, 2.24) is 19.0 Å². The molecule has 0 aliphatic carbocycles. The molecule has 0 spiro atoms. The molecule has 2 aliphatic rings. The minimum atomic E-state index is -5.36. The number of nitrogens with zero attached hydrogens (tertiary/aromatic N) is 5. The highest BCUT2D eigenvalue weighted by atomic mass is 19.4. The number of rotatable bonds is 6. The number of carbonyl (C=O) groups excluding carboxylic acids is 2. The summed E-state index contributed by atoms with van der Waals surface area (Å²) in [4.78, 5) is 63.8. The molecule has 5 rings (SSSR count). The summed E-state index contributed by atoms with van der Waals surface area (Å²) in [6.07, 6.45) is -3.73. The Hall–Kier alpha value is -4.55. The number of para-hydroxylation sites is 1. The number of hydroxylamine groups is 1.